The van der Waals surface area contributed by atoms with Gasteiger partial charge in [0.05, 0.1) is 6.61 Å². The summed E-state index contributed by atoms with van der Waals surface area (Å²) < 4.78 is 12.6. The highest BCUT2D eigenvalue weighted by Gasteiger charge is 2.34. The van der Waals surface area contributed by atoms with Gasteiger partial charge in [-0.15, -0.1) is 0 Å². The van der Waals surface area contributed by atoms with Crippen molar-refractivity contribution in [2.24, 2.45) is 0 Å². The van der Waals surface area contributed by atoms with Gasteiger partial charge >= 0.3 is 0 Å². The molecule has 0 bridgehead atoms. The van der Waals surface area contributed by atoms with Crippen molar-refractivity contribution < 1.29 is 9.16 Å². The zero-order valence-electron chi connectivity index (χ0n) is 19.0. The van der Waals surface area contributed by atoms with Gasteiger partial charge in [0, 0.05) is 17.1 Å². The zero-order valence-corrected chi connectivity index (χ0v) is 20.9. The van der Waals surface area contributed by atoms with Crippen LogP contribution in [0.1, 0.15) is 13.8 Å². The van der Waals surface area contributed by atoms with E-state index in [9.17, 15) is 0 Å². The highest BCUT2D eigenvalue weighted by Crippen LogP contribution is 2.51. The van der Waals surface area contributed by atoms with Crippen molar-refractivity contribution in [2.45, 2.75) is 45.1 Å². The van der Waals surface area contributed by atoms with Crippen molar-refractivity contribution >= 4 is 26.8 Å². The normalized spacial score (nSPS) is 21.2. The number of allylic oxidation sites excluding steroid dienone is 5. The minimum atomic E-state index is -1.69. The van der Waals surface area contributed by atoms with Gasteiger partial charge in [0.25, 0.3) is 0 Å². The summed E-state index contributed by atoms with van der Waals surface area (Å²) in [5.74, 6) is 0.747. The second-order valence-electron chi connectivity index (χ2n) is 9.41. The SMILES string of the molecule is CC(C)(O[Si](C)(C)C)[C@@H]1CO/C(=C2/C=CC=C2P(c2ccccc2)c2ccccc2)[N-]1. The van der Waals surface area contributed by atoms with Gasteiger partial charge in [-0.1, -0.05) is 84.9 Å². The second kappa shape index (κ2) is 8.78. The van der Waals surface area contributed by atoms with E-state index in [-0.39, 0.29) is 11.6 Å². The highest BCUT2D eigenvalue weighted by atomic mass is 31.1. The molecule has 3 nitrogen and oxygen atoms in total. The van der Waals surface area contributed by atoms with Crippen molar-refractivity contribution in [3.63, 3.8) is 0 Å². The quantitative estimate of drug-likeness (QED) is 0.390. The minimum absolute atomic E-state index is 0.00310. The molecule has 0 saturated carbocycles. The maximum absolute atomic E-state index is 6.45. The number of benzene rings is 2. The van der Waals surface area contributed by atoms with Crippen LogP contribution in [0.4, 0.5) is 0 Å². The first-order valence-electron chi connectivity index (χ1n) is 10.8. The van der Waals surface area contributed by atoms with Gasteiger partial charge in [-0.25, -0.2) is 0 Å². The second-order valence-corrected chi connectivity index (χ2v) is 16.0. The van der Waals surface area contributed by atoms with Gasteiger partial charge in [-0.2, -0.15) is 0 Å². The van der Waals surface area contributed by atoms with E-state index >= 15 is 0 Å². The first-order valence-corrected chi connectivity index (χ1v) is 15.6. The molecule has 1 aliphatic carbocycles. The maximum Gasteiger partial charge on any atom is 0.184 e. The van der Waals surface area contributed by atoms with Crippen molar-refractivity contribution in [1.82, 2.24) is 0 Å². The Kier molecular flexibility index (Phi) is 6.25. The van der Waals surface area contributed by atoms with E-state index in [4.69, 9.17) is 14.5 Å². The Morgan fingerprint density at radius 3 is 2.10 bits per heavy atom. The molecule has 1 fully saturated rings. The van der Waals surface area contributed by atoms with E-state index in [0.717, 1.165) is 11.5 Å². The molecule has 0 aromatic heterocycles. The Balaban J connectivity index is 1.66. The molecule has 2 aromatic rings. The van der Waals surface area contributed by atoms with Crippen LogP contribution in [0, 0.1) is 0 Å². The Bertz CT molecular complexity index is 967. The van der Waals surface area contributed by atoms with Crippen LogP contribution in [0.15, 0.2) is 95.7 Å². The molecule has 0 spiro atoms. The fraction of sp³-hybridized carbons (Fsp3) is 0.308. The van der Waals surface area contributed by atoms with Crippen molar-refractivity contribution in [3.05, 3.63) is 101 Å². The average molecular weight is 449 g/mol. The molecule has 0 N–H and O–H groups in total. The highest BCUT2D eigenvalue weighted by molar-refractivity contribution is 7.77. The maximum atomic E-state index is 6.45. The van der Waals surface area contributed by atoms with Gasteiger partial charge < -0.3 is 14.5 Å². The molecule has 1 aliphatic heterocycles. The van der Waals surface area contributed by atoms with Crippen LogP contribution >= 0.6 is 7.92 Å². The summed E-state index contributed by atoms with van der Waals surface area (Å²) in [5, 5.41) is 8.96. The van der Waals surface area contributed by atoms with E-state index < -0.39 is 16.2 Å². The lowest BCUT2D eigenvalue weighted by atomic mass is 10.0. The van der Waals surface area contributed by atoms with Gasteiger partial charge in [0.1, 0.15) is 0 Å². The van der Waals surface area contributed by atoms with Crippen LogP contribution < -0.4 is 10.6 Å². The fourth-order valence-electron chi connectivity index (χ4n) is 4.10. The summed E-state index contributed by atoms with van der Waals surface area (Å²) in [6, 6.07) is 21.5. The summed E-state index contributed by atoms with van der Waals surface area (Å²) >= 11 is 0. The topological polar surface area (TPSA) is 32.6 Å². The molecule has 0 radical (unpaired) electrons. The molecule has 1 heterocycles. The first-order chi connectivity index (χ1) is 14.7. The molecule has 31 heavy (non-hydrogen) atoms. The Labute approximate surface area is 188 Å². The number of ether oxygens (including phenoxy) is 1. The summed E-state index contributed by atoms with van der Waals surface area (Å²) in [6.07, 6.45) is 6.49. The lowest BCUT2D eigenvalue weighted by molar-refractivity contribution is 0.0708. The van der Waals surface area contributed by atoms with Crippen molar-refractivity contribution in [3.8, 4) is 0 Å². The predicted molar refractivity (Wildman–Crippen MR) is 135 cm³/mol. The molecule has 2 aromatic carbocycles. The van der Waals surface area contributed by atoms with Gasteiger partial charge in [-0.3, -0.25) is 0 Å². The molecular weight excluding hydrogens is 417 g/mol. The minimum Gasteiger partial charge on any atom is -0.646 e. The zero-order chi connectivity index (χ0) is 22.1. The van der Waals surface area contributed by atoms with Crippen LogP contribution in [-0.2, 0) is 9.16 Å². The molecular formula is C26H31NO2PSi-. The Morgan fingerprint density at radius 2 is 1.55 bits per heavy atom. The number of hydrogen-bond donors (Lipinski definition) is 0. The van der Waals surface area contributed by atoms with E-state index in [1.54, 1.807) is 0 Å². The summed E-state index contributed by atoms with van der Waals surface area (Å²) in [6.45, 7) is 11.5. The molecule has 1 atom stereocenters. The largest absolute Gasteiger partial charge is 0.646 e. The number of nitrogens with zero attached hydrogens (tertiary/aromatic N) is 1. The lowest BCUT2D eigenvalue weighted by Gasteiger charge is -2.42. The molecule has 1 saturated heterocycles. The van der Waals surface area contributed by atoms with Crippen LogP contribution in [0.2, 0.25) is 19.6 Å². The predicted octanol–water partition coefficient (Wildman–Crippen LogP) is 6.19. The smallest absolute Gasteiger partial charge is 0.184 e. The lowest BCUT2D eigenvalue weighted by Crippen LogP contribution is -2.46. The fourth-order valence-corrected chi connectivity index (χ4v) is 8.26. The summed E-state index contributed by atoms with van der Waals surface area (Å²) in [7, 11) is -2.38. The molecule has 0 amide bonds. The average Bonchev–Trinajstić information content (AvgIpc) is 3.38. The Hall–Kier alpha value is -2.13. The molecule has 0 unspecified atom stereocenters. The Morgan fingerprint density at radius 1 is 0.968 bits per heavy atom. The van der Waals surface area contributed by atoms with Gasteiger partial charge in [0.2, 0.25) is 0 Å². The van der Waals surface area contributed by atoms with Crippen LogP contribution in [0.5, 0.6) is 0 Å². The van der Waals surface area contributed by atoms with Crippen LogP contribution in [0.25, 0.3) is 5.32 Å². The standard InChI is InChI=1S/C26H31NO2PSi/c1-26(2,29-31(3,4)5)24-19-28-25(27-24)22-17-12-18-23(22)30(20-13-8-6-9-14-20)21-15-10-7-11-16-21/h6-18,24H,19H2,1-5H3/q-1/b25-22-/t24-/m0/s1. The van der Waals surface area contributed by atoms with E-state index in [2.05, 4.69) is 112 Å². The van der Waals surface area contributed by atoms with Gasteiger partial charge in [-0.05, 0) is 57.3 Å². The van der Waals surface area contributed by atoms with Crippen molar-refractivity contribution in [2.75, 3.05) is 6.61 Å². The summed E-state index contributed by atoms with van der Waals surface area (Å²) in [4.78, 5) is 0. The number of rotatable bonds is 6. The third-order valence-electron chi connectivity index (χ3n) is 5.32. The van der Waals surface area contributed by atoms with E-state index in [1.807, 2.05) is 0 Å². The monoisotopic (exact) mass is 448 g/mol. The molecule has 4 rings (SSSR count). The third-order valence-corrected chi connectivity index (χ3v) is 8.96. The van der Waals surface area contributed by atoms with Gasteiger partial charge in [0.15, 0.2) is 8.32 Å². The van der Waals surface area contributed by atoms with Crippen LogP contribution in [0.3, 0.4) is 0 Å². The summed E-state index contributed by atoms with van der Waals surface area (Å²) in [5.41, 5.74) is 0.757. The molecule has 5 heteroatoms. The number of hydrogen-bond acceptors (Lipinski definition) is 2. The molecule has 2 aliphatic rings. The van der Waals surface area contributed by atoms with E-state index in [1.165, 1.54) is 15.9 Å². The van der Waals surface area contributed by atoms with Crippen LogP contribution in [-0.4, -0.2) is 26.6 Å². The first kappa shape index (κ1) is 22.1. The van der Waals surface area contributed by atoms with E-state index in [0.29, 0.717) is 6.61 Å². The molecule has 162 valence electrons. The third kappa shape index (κ3) is 5.03. The van der Waals surface area contributed by atoms with Crippen molar-refractivity contribution in [1.29, 1.82) is 0 Å².